The van der Waals surface area contributed by atoms with Crippen molar-refractivity contribution in [2.45, 2.75) is 46.0 Å². The van der Waals surface area contributed by atoms with E-state index >= 15 is 0 Å². The molecule has 0 bridgehead atoms. The topological polar surface area (TPSA) is 21.6 Å². The van der Waals surface area contributed by atoms with Crippen molar-refractivity contribution in [3.05, 3.63) is 12.2 Å². The van der Waals surface area contributed by atoms with Crippen LogP contribution in [0.5, 0.6) is 0 Å². The second-order valence-corrected chi connectivity index (χ2v) is 2.99. The highest BCUT2D eigenvalue weighted by atomic mass is 16.6. The Labute approximate surface area is 81.7 Å². The highest BCUT2D eigenvalue weighted by Gasteiger charge is 1.79. The summed E-state index contributed by atoms with van der Waals surface area (Å²) >= 11 is 0. The average molecular weight is 183 g/mol. The highest BCUT2D eigenvalue weighted by Crippen LogP contribution is 1.94. The predicted molar refractivity (Wildman–Crippen MR) is 58.0 cm³/mol. The maximum Gasteiger partial charge on any atom is 0.135 e. The molecule has 13 heavy (non-hydrogen) atoms. The lowest BCUT2D eigenvalue weighted by molar-refractivity contribution is 0.175. The number of hydrogen-bond donors (Lipinski definition) is 0. The number of nitrogens with zero attached hydrogens (tertiary/aromatic N) is 1. The van der Waals surface area contributed by atoms with Gasteiger partial charge in [-0.3, -0.25) is 0 Å². The second kappa shape index (κ2) is 11.2. The summed E-state index contributed by atoms with van der Waals surface area (Å²) in [6, 6.07) is 0. The van der Waals surface area contributed by atoms with Gasteiger partial charge in [-0.15, -0.1) is 0 Å². The molecule has 0 atom stereocenters. The van der Waals surface area contributed by atoms with E-state index in [0.29, 0.717) is 6.61 Å². The minimum Gasteiger partial charge on any atom is -0.392 e. The van der Waals surface area contributed by atoms with Gasteiger partial charge in [0.1, 0.15) is 6.61 Å². The first-order chi connectivity index (χ1) is 6.41. The van der Waals surface area contributed by atoms with Gasteiger partial charge in [0.2, 0.25) is 0 Å². The summed E-state index contributed by atoms with van der Waals surface area (Å²) < 4.78 is 0. The monoisotopic (exact) mass is 183 g/mol. The Bertz CT molecular complexity index is 141. The van der Waals surface area contributed by atoms with E-state index in [1.807, 2.05) is 12.3 Å². The zero-order valence-corrected chi connectivity index (χ0v) is 8.83. The number of allylic oxidation sites excluding steroid dienone is 1. The van der Waals surface area contributed by atoms with Gasteiger partial charge in [0.25, 0.3) is 0 Å². The van der Waals surface area contributed by atoms with E-state index in [2.05, 4.69) is 25.1 Å². The van der Waals surface area contributed by atoms with Gasteiger partial charge >= 0.3 is 0 Å². The molecule has 0 aromatic heterocycles. The van der Waals surface area contributed by atoms with Crippen molar-refractivity contribution in [1.29, 1.82) is 0 Å². The van der Waals surface area contributed by atoms with E-state index in [4.69, 9.17) is 4.84 Å². The number of oxime groups is 1. The minimum absolute atomic E-state index is 0.601. The normalized spacial score (nSPS) is 11.5. The van der Waals surface area contributed by atoms with Crippen LogP contribution in [0.15, 0.2) is 17.3 Å². The third-order valence-electron chi connectivity index (χ3n) is 1.63. The molecule has 0 radical (unpaired) electrons. The van der Waals surface area contributed by atoms with Gasteiger partial charge in [-0.25, -0.2) is 0 Å². The first-order valence-electron chi connectivity index (χ1n) is 5.20. The van der Waals surface area contributed by atoms with Crippen LogP contribution in [0.3, 0.4) is 0 Å². The smallest absolute Gasteiger partial charge is 0.135 e. The first-order valence-corrected chi connectivity index (χ1v) is 5.20. The van der Waals surface area contributed by atoms with E-state index in [1.165, 1.54) is 12.8 Å². The van der Waals surface area contributed by atoms with Gasteiger partial charge in [0.15, 0.2) is 0 Å². The van der Waals surface area contributed by atoms with Crippen LogP contribution in [0.25, 0.3) is 0 Å². The SMILES string of the molecule is CCC/C=N\OC/C=C\CCCC. The molecule has 0 aliphatic rings. The maximum absolute atomic E-state index is 5.00. The molecule has 0 aliphatic carbocycles. The first kappa shape index (κ1) is 12.2. The highest BCUT2D eigenvalue weighted by molar-refractivity contribution is 5.55. The quantitative estimate of drug-likeness (QED) is 0.244. The van der Waals surface area contributed by atoms with Crippen LogP contribution in [-0.4, -0.2) is 12.8 Å². The molecule has 0 N–H and O–H groups in total. The van der Waals surface area contributed by atoms with Crippen LogP contribution < -0.4 is 0 Å². The Balaban J connectivity index is 3.10. The Hall–Kier alpha value is -0.790. The van der Waals surface area contributed by atoms with Crippen molar-refractivity contribution in [2.75, 3.05) is 6.61 Å². The van der Waals surface area contributed by atoms with Crippen LogP contribution in [0.1, 0.15) is 46.0 Å². The zero-order valence-electron chi connectivity index (χ0n) is 8.83. The lowest BCUT2D eigenvalue weighted by Gasteiger charge is -1.92. The molecule has 2 heteroatoms. The summed E-state index contributed by atoms with van der Waals surface area (Å²) in [6.45, 7) is 4.92. The molecule has 0 saturated heterocycles. The Morgan fingerprint density at radius 2 is 1.92 bits per heavy atom. The third kappa shape index (κ3) is 11.2. The fourth-order valence-corrected chi connectivity index (χ4v) is 0.828. The van der Waals surface area contributed by atoms with E-state index in [0.717, 1.165) is 19.3 Å². The molecule has 2 nitrogen and oxygen atoms in total. The van der Waals surface area contributed by atoms with Crippen molar-refractivity contribution in [1.82, 2.24) is 0 Å². The van der Waals surface area contributed by atoms with Crippen molar-refractivity contribution in [2.24, 2.45) is 5.16 Å². The number of rotatable bonds is 8. The van der Waals surface area contributed by atoms with Gasteiger partial charge in [0.05, 0.1) is 0 Å². The molecule has 0 unspecified atom stereocenters. The van der Waals surface area contributed by atoms with Gasteiger partial charge < -0.3 is 4.84 Å². The largest absolute Gasteiger partial charge is 0.392 e. The second-order valence-electron chi connectivity index (χ2n) is 2.99. The lowest BCUT2D eigenvalue weighted by atomic mass is 10.2. The van der Waals surface area contributed by atoms with Crippen LogP contribution >= 0.6 is 0 Å². The van der Waals surface area contributed by atoms with Gasteiger partial charge in [-0.2, -0.15) is 0 Å². The summed E-state index contributed by atoms with van der Waals surface area (Å²) in [6.07, 6.45) is 11.8. The van der Waals surface area contributed by atoms with Crippen LogP contribution in [0.4, 0.5) is 0 Å². The minimum atomic E-state index is 0.601. The molecule has 0 aliphatic heterocycles. The molecule has 0 amide bonds. The molecule has 0 spiro atoms. The van der Waals surface area contributed by atoms with Gasteiger partial charge in [0, 0.05) is 6.21 Å². The molecule has 0 saturated carbocycles. The van der Waals surface area contributed by atoms with Crippen molar-refractivity contribution in [3.8, 4) is 0 Å². The Morgan fingerprint density at radius 1 is 1.08 bits per heavy atom. The Kier molecular flexibility index (Phi) is 10.5. The van der Waals surface area contributed by atoms with E-state index in [9.17, 15) is 0 Å². The third-order valence-corrected chi connectivity index (χ3v) is 1.63. The predicted octanol–water partition coefficient (Wildman–Crippen LogP) is 3.54. The molecule has 0 aromatic rings. The van der Waals surface area contributed by atoms with E-state index in [-0.39, 0.29) is 0 Å². The zero-order chi connectivity index (χ0) is 9.78. The van der Waals surface area contributed by atoms with Gasteiger partial charge in [-0.1, -0.05) is 44.3 Å². The summed E-state index contributed by atoms with van der Waals surface area (Å²) in [5.74, 6) is 0. The summed E-state index contributed by atoms with van der Waals surface area (Å²) in [5.41, 5.74) is 0. The summed E-state index contributed by atoms with van der Waals surface area (Å²) in [7, 11) is 0. The van der Waals surface area contributed by atoms with Crippen molar-refractivity contribution < 1.29 is 4.84 Å². The maximum atomic E-state index is 5.00. The number of unbranched alkanes of at least 4 members (excludes halogenated alkanes) is 3. The van der Waals surface area contributed by atoms with Crippen molar-refractivity contribution in [3.63, 3.8) is 0 Å². The fraction of sp³-hybridized carbons (Fsp3) is 0.727. The molecule has 0 rings (SSSR count). The standard InChI is InChI=1S/C11H21NO/c1-3-5-7-8-9-11-13-12-10-6-4-2/h8-10H,3-7,11H2,1-2H3/b9-8-,12-10-. The van der Waals surface area contributed by atoms with Crippen LogP contribution in [0, 0.1) is 0 Å². The van der Waals surface area contributed by atoms with Crippen LogP contribution in [0.2, 0.25) is 0 Å². The molecular formula is C11H21NO. The number of hydrogen-bond acceptors (Lipinski definition) is 2. The van der Waals surface area contributed by atoms with Crippen molar-refractivity contribution >= 4 is 6.21 Å². The molecule has 0 aromatic carbocycles. The molecular weight excluding hydrogens is 162 g/mol. The molecule has 0 heterocycles. The lowest BCUT2D eigenvalue weighted by Crippen LogP contribution is -1.83. The molecule has 0 fully saturated rings. The van der Waals surface area contributed by atoms with Gasteiger partial charge in [-0.05, 0) is 18.9 Å². The Morgan fingerprint density at radius 3 is 2.62 bits per heavy atom. The summed E-state index contributed by atoms with van der Waals surface area (Å²) in [5, 5.41) is 3.80. The fourth-order valence-electron chi connectivity index (χ4n) is 0.828. The average Bonchev–Trinajstić information content (AvgIpc) is 2.16. The van der Waals surface area contributed by atoms with E-state index < -0.39 is 0 Å². The van der Waals surface area contributed by atoms with E-state index in [1.54, 1.807) is 0 Å². The summed E-state index contributed by atoms with van der Waals surface area (Å²) in [4.78, 5) is 5.00. The van der Waals surface area contributed by atoms with Crippen LogP contribution in [-0.2, 0) is 4.84 Å². The molecule has 76 valence electrons.